The predicted molar refractivity (Wildman–Crippen MR) is 128 cm³/mol. The molecule has 1 aromatic heterocycles. The van der Waals surface area contributed by atoms with Crippen molar-refractivity contribution in [1.82, 2.24) is 14.8 Å². The van der Waals surface area contributed by atoms with E-state index in [-0.39, 0.29) is 11.8 Å². The summed E-state index contributed by atoms with van der Waals surface area (Å²) in [7, 11) is 0. The summed E-state index contributed by atoms with van der Waals surface area (Å²) in [6.07, 6.45) is 4.00. The lowest BCUT2D eigenvalue weighted by Gasteiger charge is -2.23. The second-order valence-corrected chi connectivity index (χ2v) is 7.94. The minimum atomic E-state index is -0.432. The van der Waals surface area contributed by atoms with Gasteiger partial charge in [-0.1, -0.05) is 60.2 Å². The highest BCUT2D eigenvalue weighted by molar-refractivity contribution is 6.04. The number of anilines is 1. The summed E-state index contributed by atoms with van der Waals surface area (Å²) in [5, 5.41) is 23.9. The van der Waals surface area contributed by atoms with Gasteiger partial charge in [0.05, 0.1) is 23.1 Å². The molecule has 0 saturated carbocycles. The number of para-hydroxylation sites is 3. The molecule has 1 aliphatic rings. The van der Waals surface area contributed by atoms with E-state index in [2.05, 4.69) is 16.5 Å². The van der Waals surface area contributed by atoms with Crippen LogP contribution in [0.3, 0.4) is 0 Å². The molecule has 0 fully saturated rings. The van der Waals surface area contributed by atoms with E-state index >= 15 is 0 Å². The monoisotopic (exact) mass is 437 g/mol. The number of phenols is 1. The molecule has 3 aromatic carbocycles. The van der Waals surface area contributed by atoms with Gasteiger partial charge >= 0.3 is 6.03 Å². The molecule has 5 rings (SSSR count). The number of carbonyl (C=O) groups is 1. The Morgan fingerprint density at radius 2 is 1.85 bits per heavy atom. The molecule has 0 aliphatic carbocycles. The van der Waals surface area contributed by atoms with Crippen LogP contribution in [0.5, 0.6) is 5.75 Å². The van der Waals surface area contributed by atoms with Gasteiger partial charge in [-0.15, -0.1) is 0 Å². The molecule has 4 aromatic rings. The molecule has 1 unspecified atom stereocenters. The highest BCUT2D eigenvalue weighted by Gasteiger charge is 2.35. The summed E-state index contributed by atoms with van der Waals surface area (Å²) < 4.78 is 1.70. The molecule has 0 spiro atoms. The standard InChI is InChI=1S/C26H23N5O2/c1-18-8-6-9-19(16-18)22-17-24(20-10-2-5-13-25(20)32)31(29-22)26(33)28-21-11-3-4-12-23(21)30-15-7-14-27-30/h2-16,24,32H,17H2,1H3,(H,28,33). The van der Waals surface area contributed by atoms with Crippen molar-refractivity contribution >= 4 is 17.4 Å². The number of urea groups is 1. The highest BCUT2D eigenvalue weighted by atomic mass is 16.3. The molecule has 7 heteroatoms. The number of amides is 2. The lowest BCUT2D eigenvalue weighted by Crippen LogP contribution is -2.31. The van der Waals surface area contributed by atoms with Crippen LogP contribution in [0.1, 0.15) is 29.2 Å². The molecule has 2 N–H and O–H groups in total. The Morgan fingerprint density at radius 1 is 1.03 bits per heavy atom. The van der Waals surface area contributed by atoms with Gasteiger partial charge in [0.2, 0.25) is 0 Å². The highest BCUT2D eigenvalue weighted by Crippen LogP contribution is 2.37. The maximum atomic E-state index is 13.5. The number of nitrogens with one attached hydrogen (secondary N) is 1. The van der Waals surface area contributed by atoms with Crippen LogP contribution in [0, 0.1) is 6.92 Å². The van der Waals surface area contributed by atoms with Gasteiger partial charge in [0, 0.05) is 24.4 Å². The van der Waals surface area contributed by atoms with Crippen LogP contribution in [0.2, 0.25) is 0 Å². The normalized spacial score (nSPS) is 15.4. The van der Waals surface area contributed by atoms with Gasteiger partial charge < -0.3 is 10.4 Å². The largest absolute Gasteiger partial charge is 0.508 e. The minimum absolute atomic E-state index is 0.137. The van der Waals surface area contributed by atoms with Crippen molar-refractivity contribution in [2.45, 2.75) is 19.4 Å². The molecular formula is C26H23N5O2. The van der Waals surface area contributed by atoms with E-state index in [0.717, 1.165) is 22.5 Å². The van der Waals surface area contributed by atoms with Crippen LogP contribution < -0.4 is 5.32 Å². The van der Waals surface area contributed by atoms with Crippen molar-refractivity contribution in [2.75, 3.05) is 5.32 Å². The lowest BCUT2D eigenvalue weighted by molar-refractivity contribution is 0.199. The SMILES string of the molecule is Cc1cccc(C2=NN(C(=O)Nc3ccccc3-n3cccn3)C(c3ccccc3O)C2)c1. The zero-order chi connectivity index (χ0) is 22.8. The van der Waals surface area contributed by atoms with Gasteiger partial charge in [-0.2, -0.15) is 10.2 Å². The zero-order valence-corrected chi connectivity index (χ0v) is 18.1. The number of nitrogens with zero attached hydrogens (tertiary/aromatic N) is 4. The summed E-state index contributed by atoms with van der Waals surface area (Å²) in [5.74, 6) is 0.137. The Bertz CT molecular complexity index is 1330. The van der Waals surface area contributed by atoms with E-state index < -0.39 is 6.04 Å². The van der Waals surface area contributed by atoms with Gasteiger partial charge in [-0.3, -0.25) is 0 Å². The molecule has 164 valence electrons. The molecule has 0 radical (unpaired) electrons. The van der Waals surface area contributed by atoms with Crippen molar-refractivity contribution < 1.29 is 9.90 Å². The van der Waals surface area contributed by atoms with Crippen molar-refractivity contribution in [3.63, 3.8) is 0 Å². The Hall–Kier alpha value is -4.39. The summed E-state index contributed by atoms with van der Waals surface area (Å²) in [5.41, 5.74) is 4.88. The lowest BCUT2D eigenvalue weighted by atomic mass is 9.97. The van der Waals surface area contributed by atoms with E-state index in [9.17, 15) is 9.90 Å². The average molecular weight is 438 g/mol. The number of aromatic nitrogens is 2. The van der Waals surface area contributed by atoms with Crippen LogP contribution in [-0.4, -0.2) is 31.6 Å². The van der Waals surface area contributed by atoms with E-state index in [4.69, 9.17) is 5.10 Å². The fraction of sp³-hybridized carbons (Fsp3) is 0.115. The Kier molecular flexibility index (Phi) is 5.36. The molecule has 1 aliphatic heterocycles. The predicted octanol–water partition coefficient (Wildman–Crippen LogP) is 5.27. The number of rotatable bonds is 4. The van der Waals surface area contributed by atoms with Gasteiger partial charge in [-0.05, 0) is 36.8 Å². The topological polar surface area (TPSA) is 82.8 Å². The first-order chi connectivity index (χ1) is 16.1. The third kappa shape index (κ3) is 4.08. The summed E-state index contributed by atoms with van der Waals surface area (Å²) in [6, 6.07) is 23.6. The van der Waals surface area contributed by atoms with Gasteiger partial charge in [0.1, 0.15) is 5.75 Å². The number of aryl methyl sites for hydroxylation is 1. The first-order valence-electron chi connectivity index (χ1n) is 10.7. The van der Waals surface area contributed by atoms with E-state index in [0.29, 0.717) is 17.7 Å². The molecule has 1 atom stereocenters. The molecule has 0 bridgehead atoms. The quantitative estimate of drug-likeness (QED) is 0.456. The summed E-state index contributed by atoms with van der Waals surface area (Å²) in [4.78, 5) is 13.5. The van der Waals surface area contributed by atoms with Crippen LogP contribution in [0.15, 0.2) is 96.4 Å². The van der Waals surface area contributed by atoms with Crippen molar-refractivity contribution in [3.8, 4) is 11.4 Å². The number of hydrazone groups is 1. The van der Waals surface area contributed by atoms with E-state index in [1.807, 2.05) is 73.8 Å². The first-order valence-corrected chi connectivity index (χ1v) is 10.7. The number of carbonyl (C=O) groups excluding carboxylic acids is 1. The number of hydrogen-bond acceptors (Lipinski definition) is 4. The Balaban J connectivity index is 1.51. The summed E-state index contributed by atoms with van der Waals surface area (Å²) >= 11 is 0. The molecular weight excluding hydrogens is 414 g/mol. The minimum Gasteiger partial charge on any atom is -0.508 e. The van der Waals surface area contributed by atoms with Gasteiger partial charge in [-0.25, -0.2) is 14.5 Å². The maximum Gasteiger partial charge on any atom is 0.342 e. The smallest absolute Gasteiger partial charge is 0.342 e. The summed E-state index contributed by atoms with van der Waals surface area (Å²) in [6.45, 7) is 2.02. The fourth-order valence-corrected chi connectivity index (χ4v) is 4.07. The van der Waals surface area contributed by atoms with Crippen molar-refractivity contribution in [2.24, 2.45) is 5.10 Å². The fourth-order valence-electron chi connectivity index (χ4n) is 4.07. The number of benzene rings is 3. The zero-order valence-electron chi connectivity index (χ0n) is 18.1. The third-order valence-electron chi connectivity index (χ3n) is 5.66. The van der Waals surface area contributed by atoms with Crippen molar-refractivity contribution in [1.29, 1.82) is 0 Å². The van der Waals surface area contributed by atoms with E-state index in [1.165, 1.54) is 5.01 Å². The molecule has 2 amide bonds. The van der Waals surface area contributed by atoms with Gasteiger partial charge in [0.25, 0.3) is 0 Å². The molecule has 2 heterocycles. The van der Waals surface area contributed by atoms with Gasteiger partial charge in [0.15, 0.2) is 0 Å². The number of phenolic OH excluding ortho intramolecular Hbond substituents is 1. The molecule has 0 saturated heterocycles. The van der Waals surface area contributed by atoms with Crippen LogP contribution >= 0.6 is 0 Å². The second-order valence-electron chi connectivity index (χ2n) is 7.94. The average Bonchev–Trinajstić information content (AvgIpc) is 3.50. The Morgan fingerprint density at radius 3 is 2.64 bits per heavy atom. The second kappa shape index (κ2) is 8.63. The maximum absolute atomic E-state index is 13.5. The van der Waals surface area contributed by atoms with E-state index in [1.54, 1.807) is 23.0 Å². The molecule has 7 nitrogen and oxygen atoms in total. The first kappa shape index (κ1) is 20.5. The number of hydrogen-bond donors (Lipinski definition) is 2. The third-order valence-corrected chi connectivity index (χ3v) is 5.66. The Labute approximate surface area is 191 Å². The number of aromatic hydroxyl groups is 1. The van der Waals surface area contributed by atoms with Crippen LogP contribution in [-0.2, 0) is 0 Å². The van der Waals surface area contributed by atoms with Crippen molar-refractivity contribution in [3.05, 3.63) is 108 Å². The van der Waals surface area contributed by atoms with Crippen LogP contribution in [0.25, 0.3) is 5.69 Å². The van der Waals surface area contributed by atoms with Crippen LogP contribution in [0.4, 0.5) is 10.5 Å². The molecule has 33 heavy (non-hydrogen) atoms.